The van der Waals surface area contributed by atoms with E-state index in [-0.39, 0.29) is 0 Å². The zero-order valence-corrected chi connectivity index (χ0v) is 9.91. The average molecular weight is 265 g/mol. The zero-order valence-electron chi connectivity index (χ0n) is 9.91. The van der Waals surface area contributed by atoms with Crippen LogP contribution in [-0.4, -0.2) is 41.2 Å². The number of amidine groups is 1. The summed E-state index contributed by atoms with van der Waals surface area (Å²) in [4.78, 5) is 15.0. The number of hydrazine groups is 1. The van der Waals surface area contributed by atoms with Crippen molar-refractivity contribution in [3.8, 4) is 0 Å². The van der Waals surface area contributed by atoms with E-state index < -0.39 is 24.1 Å². The summed E-state index contributed by atoms with van der Waals surface area (Å²) in [5.41, 5.74) is 3.10. The third kappa shape index (κ3) is 2.06. The first-order valence-electron chi connectivity index (χ1n) is 5.87. The number of carboxylic acids is 1. The van der Waals surface area contributed by atoms with Gasteiger partial charge in [-0.05, 0) is 6.07 Å². The molecule has 2 N–H and O–H groups in total. The molecule has 2 aliphatic heterocycles. The number of rotatable bonds is 2. The minimum absolute atomic E-state index is 0.360. The highest BCUT2D eigenvalue weighted by atomic mass is 19.1. The van der Waals surface area contributed by atoms with Crippen molar-refractivity contribution >= 4 is 11.8 Å². The molecule has 19 heavy (non-hydrogen) atoms. The standard InChI is InChI=1S/C12H12FN3O3/c13-8-4-2-1-3-7(8)9-11-14-10(12(17)18)15-16(11)5-6-19-9/h1-4,9-10,15H,5-6H2,(H,17,18). The maximum Gasteiger partial charge on any atom is 0.345 e. The number of fused-ring (bicyclic) bond motifs is 1. The quantitative estimate of drug-likeness (QED) is 0.815. The molecule has 0 radical (unpaired) electrons. The van der Waals surface area contributed by atoms with Gasteiger partial charge in [-0.15, -0.1) is 0 Å². The molecule has 6 nitrogen and oxygen atoms in total. The van der Waals surface area contributed by atoms with Crippen molar-refractivity contribution in [2.45, 2.75) is 12.3 Å². The SMILES string of the molecule is O=C(O)C1N=C2C(c3ccccc3F)OCCN2N1. The van der Waals surface area contributed by atoms with E-state index in [1.165, 1.54) is 6.07 Å². The number of nitrogens with one attached hydrogen (secondary N) is 1. The van der Waals surface area contributed by atoms with Crippen molar-refractivity contribution in [3.63, 3.8) is 0 Å². The monoisotopic (exact) mass is 265 g/mol. The first kappa shape index (κ1) is 12.1. The van der Waals surface area contributed by atoms with E-state index >= 15 is 0 Å². The van der Waals surface area contributed by atoms with Crippen LogP contribution in [0.2, 0.25) is 0 Å². The van der Waals surface area contributed by atoms with Gasteiger partial charge in [0.1, 0.15) is 11.9 Å². The largest absolute Gasteiger partial charge is 0.479 e. The second-order valence-corrected chi connectivity index (χ2v) is 4.28. The maximum atomic E-state index is 13.8. The minimum atomic E-state index is -1.07. The van der Waals surface area contributed by atoms with Crippen molar-refractivity contribution in [2.75, 3.05) is 13.2 Å². The molecule has 0 bridgehead atoms. The second-order valence-electron chi connectivity index (χ2n) is 4.28. The predicted molar refractivity (Wildman–Crippen MR) is 63.8 cm³/mol. The topological polar surface area (TPSA) is 74.2 Å². The smallest absolute Gasteiger partial charge is 0.345 e. The molecular formula is C12H12FN3O3. The van der Waals surface area contributed by atoms with Crippen molar-refractivity contribution in [2.24, 2.45) is 4.99 Å². The van der Waals surface area contributed by atoms with E-state index in [1.807, 2.05) is 0 Å². The van der Waals surface area contributed by atoms with Crippen LogP contribution in [-0.2, 0) is 9.53 Å². The van der Waals surface area contributed by atoms with Gasteiger partial charge < -0.3 is 9.84 Å². The fourth-order valence-corrected chi connectivity index (χ4v) is 2.20. The van der Waals surface area contributed by atoms with E-state index in [0.29, 0.717) is 24.6 Å². The molecule has 7 heteroatoms. The van der Waals surface area contributed by atoms with Crippen LogP contribution in [0.25, 0.3) is 0 Å². The first-order valence-corrected chi connectivity index (χ1v) is 5.87. The van der Waals surface area contributed by atoms with Gasteiger partial charge in [0.25, 0.3) is 0 Å². The molecule has 2 aliphatic rings. The summed E-state index contributed by atoms with van der Waals surface area (Å²) in [5.74, 6) is -1.06. The molecule has 0 aromatic heterocycles. The lowest BCUT2D eigenvalue weighted by atomic mass is 10.1. The van der Waals surface area contributed by atoms with Crippen molar-refractivity contribution in [3.05, 3.63) is 35.6 Å². The van der Waals surface area contributed by atoms with E-state index in [1.54, 1.807) is 23.2 Å². The number of benzene rings is 1. The Morgan fingerprint density at radius 3 is 3.05 bits per heavy atom. The molecule has 2 atom stereocenters. The van der Waals surface area contributed by atoms with Gasteiger partial charge in [-0.1, -0.05) is 18.2 Å². The van der Waals surface area contributed by atoms with Crippen molar-refractivity contribution in [1.82, 2.24) is 10.4 Å². The molecule has 0 saturated carbocycles. The van der Waals surface area contributed by atoms with Gasteiger partial charge in [0.15, 0.2) is 5.84 Å². The molecular weight excluding hydrogens is 253 g/mol. The normalized spacial score (nSPS) is 25.9. The molecule has 1 saturated heterocycles. The molecule has 1 fully saturated rings. The zero-order chi connectivity index (χ0) is 13.4. The van der Waals surface area contributed by atoms with Gasteiger partial charge in [0, 0.05) is 5.56 Å². The lowest BCUT2D eigenvalue weighted by Gasteiger charge is -2.32. The van der Waals surface area contributed by atoms with Crippen LogP contribution in [0.4, 0.5) is 4.39 Å². The molecule has 100 valence electrons. The van der Waals surface area contributed by atoms with E-state index in [4.69, 9.17) is 9.84 Å². The Morgan fingerprint density at radius 2 is 2.32 bits per heavy atom. The predicted octanol–water partition coefficient (Wildman–Crippen LogP) is 0.526. The number of carboxylic acid groups (broad SMARTS) is 1. The Labute approximate surface area is 108 Å². The number of ether oxygens (including phenoxy) is 1. The molecule has 0 amide bonds. The lowest BCUT2D eigenvalue weighted by molar-refractivity contribution is -0.139. The van der Waals surface area contributed by atoms with Crippen molar-refractivity contribution < 1.29 is 19.0 Å². The summed E-state index contributed by atoms with van der Waals surface area (Å²) in [6, 6.07) is 6.25. The van der Waals surface area contributed by atoms with Crippen LogP contribution in [0.3, 0.4) is 0 Å². The molecule has 0 spiro atoms. The third-order valence-corrected chi connectivity index (χ3v) is 3.07. The summed E-state index contributed by atoms with van der Waals surface area (Å²) in [7, 11) is 0. The van der Waals surface area contributed by atoms with Gasteiger partial charge in [0.05, 0.1) is 13.2 Å². The van der Waals surface area contributed by atoms with Crippen LogP contribution in [0.1, 0.15) is 11.7 Å². The summed E-state index contributed by atoms with van der Waals surface area (Å²) >= 11 is 0. The summed E-state index contributed by atoms with van der Waals surface area (Å²) < 4.78 is 19.3. The highest BCUT2D eigenvalue weighted by molar-refractivity contribution is 5.92. The average Bonchev–Trinajstić information content (AvgIpc) is 2.83. The fraction of sp³-hybridized carbons (Fsp3) is 0.333. The van der Waals surface area contributed by atoms with Crippen LogP contribution >= 0.6 is 0 Å². The first-order chi connectivity index (χ1) is 9.16. The van der Waals surface area contributed by atoms with Crippen molar-refractivity contribution in [1.29, 1.82) is 0 Å². The van der Waals surface area contributed by atoms with E-state index in [2.05, 4.69) is 10.4 Å². The number of hydrogen-bond acceptors (Lipinski definition) is 5. The molecule has 3 rings (SSSR count). The summed E-state index contributed by atoms with van der Waals surface area (Å²) in [6.45, 7) is 0.852. The lowest BCUT2D eigenvalue weighted by Crippen LogP contribution is -2.49. The van der Waals surface area contributed by atoms with Gasteiger partial charge in [-0.3, -0.25) is 5.01 Å². The van der Waals surface area contributed by atoms with E-state index in [9.17, 15) is 9.18 Å². The number of nitrogens with zero attached hydrogens (tertiary/aromatic N) is 2. The van der Waals surface area contributed by atoms with Crippen LogP contribution < -0.4 is 5.43 Å². The van der Waals surface area contributed by atoms with Gasteiger partial charge in [0.2, 0.25) is 6.17 Å². The Morgan fingerprint density at radius 1 is 1.53 bits per heavy atom. The van der Waals surface area contributed by atoms with Gasteiger partial charge in [-0.2, -0.15) is 5.43 Å². The van der Waals surface area contributed by atoms with Crippen LogP contribution in [0.15, 0.2) is 29.3 Å². The second kappa shape index (κ2) is 4.60. The molecule has 2 unspecified atom stereocenters. The van der Waals surface area contributed by atoms with Gasteiger partial charge in [-0.25, -0.2) is 14.2 Å². The number of morpholine rings is 1. The summed E-state index contributed by atoms with van der Waals surface area (Å²) in [5, 5.41) is 10.6. The Bertz CT molecular complexity index is 549. The molecule has 1 aromatic rings. The highest BCUT2D eigenvalue weighted by Crippen LogP contribution is 2.28. The van der Waals surface area contributed by atoms with Gasteiger partial charge >= 0.3 is 5.97 Å². The number of halogens is 1. The third-order valence-electron chi connectivity index (χ3n) is 3.07. The Balaban J connectivity index is 1.96. The van der Waals surface area contributed by atoms with Crippen LogP contribution in [0, 0.1) is 5.82 Å². The molecule has 1 aromatic carbocycles. The number of carbonyl (C=O) groups is 1. The summed E-state index contributed by atoms with van der Waals surface area (Å²) in [6.07, 6.45) is -1.71. The number of aliphatic carboxylic acids is 1. The number of hydrogen-bond donors (Lipinski definition) is 2. The molecule has 2 heterocycles. The maximum absolute atomic E-state index is 13.8. The Kier molecular flexibility index (Phi) is 2.92. The molecule has 0 aliphatic carbocycles. The highest BCUT2D eigenvalue weighted by Gasteiger charge is 2.38. The minimum Gasteiger partial charge on any atom is -0.479 e. The van der Waals surface area contributed by atoms with E-state index in [0.717, 1.165) is 0 Å². The van der Waals surface area contributed by atoms with Crippen LogP contribution in [0.5, 0.6) is 0 Å². The fourth-order valence-electron chi connectivity index (χ4n) is 2.20. The Hall–Kier alpha value is -1.99. The number of aliphatic imine (C=N–C) groups is 1.